The highest BCUT2D eigenvalue weighted by atomic mass is 16.1. The number of Topliss-reactive ketones (excluding diaryl/α,β-unsaturated/α-hetero) is 1. The van der Waals surface area contributed by atoms with Gasteiger partial charge in [-0.1, -0.05) is 37.5 Å². The fraction of sp³-hybridized carbons (Fsp3) is 0.438. The normalized spacial score (nSPS) is 17.2. The summed E-state index contributed by atoms with van der Waals surface area (Å²) < 4.78 is 2.34. The summed E-state index contributed by atoms with van der Waals surface area (Å²) in [4.78, 5) is 11.7. The lowest BCUT2D eigenvalue weighted by Crippen LogP contribution is -2.11. The Kier molecular flexibility index (Phi) is 2.94. The highest BCUT2D eigenvalue weighted by molar-refractivity contribution is 6.07. The van der Waals surface area contributed by atoms with Gasteiger partial charge in [0.25, 0.3) is 0 Å². The molecule has 0 radical (unpaired) electrons. The van der Waals surface area contributed by atoms with Crippen LogP contribution in [-0.4, -0.2) is 10.4 Å². The Morgan fingerprint density at radius 2 is 1.89 bits per heavy atom. The lowest BCUT2D eigenvalue weighted by atomic mass is 9.95. The van der Waals surface area contributed by atoms with E-state index in [0.717, 1.165) is 10.9 Å². The summed E-state index contributed by atoms with van der Waals surface area (Å²) in [7, 11) is 0. The molecular formula is C16H19NO. The number of rotatable bonds is 2. The smallest absolute Gasteiger partial charge is 0.161 e. The molecule has 1 fully saturated rings. The van der Waals surface area contributed by atoms with Crippen molar-refractivity contribution < 1.29 is 4.79 Å². The van der Waals surface area contributed by atoms with Crippen molar-refractivity contribution in [2.75, 3.05) is 0 Å². The SMILES string of the molecule is CC(=O)c1cn(C2CCCCC2)c2ccccc12. The van der Waals surface area contributed by atoms with Crippen LogP contribution in [0.4, 0.5) is 0 Å². The van der Waals surface area contributed by atoms with E-state index in [9.17, 15) is 4.79 Å². The molecule has 0 atom stereocenters. The standard InChI is InChI=1S/C16H19NO/c1-12(18)15-11-17(13-7-3-2-4-8-13)16-10-6-5-9-14(15)16/h5-6,9-11,13H,2-4,7-8H2,1H3. The van der Waals surface area contributed by atoms with Crippen LogP contribution in [0.25, 0.3) is 10.9 Å². The van der Waals surface area contributed by atoms with Gasteiger partial charge < -0.3 is 4.57 Å². The first-order chi connectivity index (χ1) is 8.77. The van der Waals surface area contributed by atoms with Gasteiger partial charge in [-0.3, -0.25) is 4.79 Å². The maximum Gasteiger partial charge on any atom is 0.161 e. The minimum Gasteiger partial charge on any atom is -0.344 e. The van der Waals surface area contributed by atoms with Crippen molar-refractivity contribution in [2.45, 2.75) is 45.1 Å². The van der Waals surface area contributed by atoms with Crippen LogP contribution in [0.2, 0.25) is 0 Å². The molecule has 0 saturated heterocycles. The van der Waals surface area contributed by atoms with Crippen molar-refractivity contribution in [3.63, 3.8) is 0 Å². The lowest BCUT2D eigenvalue weighted by molar-refractivity contribution is 0.101. The predicted molar refractivity (Wildman–Crippen MR) is 74.1 cm³/mol. The first kappa shape index (κ1) is 11.5. The average molecular weight is 241 g/mol. The average Bonchev–Trinajstić information content (AvgIpc) is 2.79. The van der Waals surface area contributed by atoms with Crippen molar-refractivity contribution in [3.05, 3.63) is 36.0 Å². The minimum absolute atomic E-state index is 0.167. The Labute approximate surface area is 108 Å². The number of carbonyl (C=O) groups is 1. The van der Waals surface area contributed by atoms with Crippen LogP contribution in [-0.2, 0) is 0 Å². The van der Waals surface area contributed by atoms with Crippen LogP contribution in [0.3, 0.4) is 0 Å². The van der Waals surface area contributed by atoms with E-state index < -0.39 is 0 Å². The Hall–Kier alpha value is -1.57. The third kappa shape index (κ3) is 1.86. The summed E-state index contributed by atoms with van der Waals surface area (Å²) in [5.41, 5.74) is 2.09. The van der Waals surface area contributed by atoms with Gasteiger partial charge in [-0.2, -0.15) is 0 Å². The quantitative estimate of drug-likeness (QED) is 0.716. The lowest BCUT2D eigenvalue weighted by Gasteiger charge is -2.24. The van der Waals surface area contributed by atoms with Crippen LogP contribution >= 0.6 is 0 Å². The molecule has 2 nitrogen and oxygen atoms in total. The number of para-hydroxylation sites is 1. The largest absolute Gasteiger partial charge is 0.344 e. The number of benzene rings is 1. The number of aromatic nitrogens is 1. The molecule has 1 aliphatic carbocycles. The monoisotopic (exact) mass is 241 g/mol. The van der Waals surface area contributed by atoms with Gasteiger partial charge in [0.05, 0.1) is 0 Å². The van der Waals surface area contributed by atoms with Crippen molar-refractivity contribution in [3.8, 4) is 0 Å². The van der Waals surface area contributed by atoms with Crippen molar-refractivity contribution in [1.29, 1.82) is 0 Å². The molecule has 1 saturated carbocycles. The molecule has 1 aromatic carbocycles. The van der Waals surface area contributed by atoms with Gasteiger partial charge >= 0.3 is 0 Å². The van der Waals surface area contributed by atoms with Gasteiger partial charge in [0.2, 0.25) is 0 Å². The topological polar surface area (TPSA) is 22.0 Å². The van der Waals surface area contributed by atoms with Gasteiger partial charge in [0, 0.05) is 28.7 Å². The van der Waals surface area contributed by atoms with Gasteiger partial charge in [-0.05, 0) is 25.8 Å². The highest BCUT2D eigenvalue weighted by Crippen LogP contribution is 2.33. The van der Waals surface area contributed by atoms with Gasteiger partial charge in [-0.15, -0.1) is 0 Å². The maximum absolute atomic E-state index is 11.7. The third-order valence-corrected chi connectivity index (χ3v) is 4.09. The van der Waals surface area contributed by atoms with Crippen LogP contribution in [0, 0.1) is 0 Å². The van der Waals surface area contributed by atoms with Gasteiger partial charge in [-0.25, -0.2) is 0 Å². The van der Waals surface area contributed by atoms with Gasteiger partial charge in [0.15, 0.2) is 5.78 Å². The molecule has 1 aromatic heterocycles. The molecule has 18 heavy (non-hydrogen) atoms. The zero-order valence-corrected chi connectivity index (χ0v) is 10.9. The van der Waals surface area contributed by atoms with Crippen molar-refractivity contribution in [2.24, 2.45) is 0 Å². The zero-order chi connectivity index (χ0) is 12.5. The van der Waals surface area contributed by atoms with E-state index in [2.05, 4.69) is 29.0 Å². The maximum atomic E-state index is 11.7. The van der Waals surface area contributed by atoms with E-state index in [1.165, 1.54) is 37.6 Å². The van der Waals surface area contributed by atoms with E-state index in [0.29, 0.717) is 6.04 Å². The first-order valence-electron chi connectivity index (χ1n) is 6.88. The van der Waals surface area contributed by atoms with E-state index >= 15 is 0 Å². The Bertz CT molecular complexity index is 576. The number of fused-ring (bicyclic) bond motifs is 1. The summed E-state index contributed by atoms with van der Waals surface area (Å²) in [6.07, 6.45) is 8.55. The molecule has 94 valence electrons. The molecule has 1 heterocycles. The van der Waals surface area contributed by atoms with E-state index in [4.69, 9.17) is 0 Å². The summed E-state index contributed by atoms with van der Waals surface area (Å²) in [5, 5.41) is 1.11. The van der Waals surface area contributed by atoms with Crippen molar-refractivity contribution >= 4 is 16.7 Å². The number of nitrogens with zero attached hydrogens (tertiary/aromatic N) is 1. The van der Waals surface area contributed by atoms with E-state index in [1.54, 1.807) is 6.92 Å². The van der Waals surface area contributed by atoms with Crippen LogP contribution in [0.1, 0.15) is 55.4 Å². The Morgan fingerprint density at radius 1 is 1.17 bits per heavy atom. The minimum atomic E-state index is 0.167. The number of ketones is 1. The zero-order valence-electron chi connectivity index (χ0n) is 10.9. The van der Waals surface area contributed by atoms with Crippen LogP contribution in [0.15, 0.2) is 30.5 Å². The molecule has 0 bridgehead atoms. The Balaban J connectivity index is 2.13. The molecule has 0 unspecified atom stereocenters. The molecule has 2 aromatic rings. The summed E-state index contributed by atoms with van der Waals surface area (Å²) in [5.74, 6) is 0.167. The molecule has 2 heteroatoms. The third-order valence-electron chi connectivity index (χ3n) is 4.09. The highest BCUT2D eigenvalue weighted by Gasteiger charge is 2.19. The van der Waals surface area contributed by atoms with E-state index in [1.807, 2.05) is 6.07 Å². The van der Waals surface area contributed by atoms with E-state index in [-0.39, 0.29) is 5.78 Å². The number of hydrogen-bond donors (Lipinski definition) is 0. The van der Waals surface area contributed by atoms with Gasteiger partial charge in [0.1, 0.15) is 0 Å². The fourth-order valence-electron chi connectivity index (χ4n) is 3.15. The number of carbonyl (C=O) groups excluding carboxylic acids is 1. The molecule has 0 amide bonds. The second-order valence-electron chi connectivity index (χ2n) is 5.32. The molecule has 0 spiro atoms. The fourth-order valence-corrected chi connectivity index (χ4v) is 3.15. The summed E-state index contributed by atoms with van der Waals surface area (Å²) in [6.45, 7) is 1.66. The second kappa shape index (κ2) is 4.60. The number of hydrogen-bond acceptors (Lipinski definition) is 1. The molecule has 1 aliphatic rings. The Morgan fingerprint density at radius 3 is 2.61 bits per heavy atom. The molecule has 3 rings (SSSR count). The second-order valence-corrected chi connectivity index (χ2v) is 5.32. The van der Waals surface area contributed by atoms with Crippen LogP contribution < -0.4 is 0 Å². The molecular weight excluding hydrogens is 222 g/mol. The summed E-state index contributed by atoms with van der Waals surface area (Å²) >= 11 is 0. The molecule has 0 N–H and O–H groups in total. The summed E-state index contributed by atoms with van der Waals surface area (Å²) in [6, 6.07) is 8.85. The van der Waals surface area contributed by atoms with Crippen molar-refractivity contribution in [1.82, 2.24) is 4.57 Å². The molecule has 0 aliphatic heterocycles. The first-order valence-corrected chi connectivity index (χ1v) is 6.88. The predicted octanol–water partition coefficient (Wildman–Crippen LogP) is 4.35. The van der Waals surface area contributed by atoms with Crippen LogP contribution in [0.5, 0.6) is 0 Å².